The highest BCUT2D eigenvalue weighted by Crippen LogP contribution is 2.25. The summed E-state index contributed by atoms with van der Waals surface area (Å²) >= 11 is 0. The van der Waals surface area contributed by atoms with Crippen LogP contribution in [0, 0.1) is 6.92 Å². The van der Waals surface area contributed by atoms with Crippen LogP contribution in [0.3, 0.4) is 0 Å². The summed E-state index contributed by atoms with van der Waals surface area (Å²) in [6.45, 7) is 11.1. The zero-order chi connectivity index (χ0) is 10.3. The average molecular weight is 193 g/mol. The molecule has 3 heteroatoms. The zero-order valence-corrected chi connectivity index (χ0v) is 9.52. The van der Waals surface area contributed by atoms with Gasteiger partial charge in [0.05, 0.1) is 5.69 Å². The number of H-pyrrole nitrogens is 1. The summed E-state index contributed by atoms with van der Waals surface area (Å²) in [6.07, 6.45) is 1.10. The van der Waals surface area contributed by atoms with Crippen LogP contribution >= 0.6 is 0 Å². The molecule has 0 saturated carbocycles. The number of rotatable bonds is 0. The molecular formula is C11H19N3. The first-order valence-corrected chi connectivity index (χ1v) is 5.26. The van der Waals surface area contributed by atoms with E-state index in [1.165, 1.54) is 11.3 Å². The lowest BCUT2D eigenvalue weighted by Gasteiger charge is -2.38. The molecule has 0 fully saturated rings. The van der Waals surface area contributed by atoms with Gasteiger partial charge in [-0.15, -0.1) is 0 Å². The summed E-state index contributed by atoms with van der Waals surface area (Å²) in [7, 11) is 0. The molecule has 0 radical (unpaired) electrons. The van der Waals surface area contributed by atoms with E-state index in [9.17, 15) is 0 Å². The van der Waals surface area contributed by atoms with Crippen LogP contribution in [0.5, 0.6) is 0 Å². The van der Waals surface area contributed by atoms with Crippen LogP contribution in [0.2, 0.25) is 0 Å². The minimum absolute atomic E-state index is 0.265. The third kappa shape index (κ3) is 1.57. The molecule has 0 aromatic carbocycles. The maximum Gasteiger partial charge on any atom is 0.0639 e. The second-order valence-corrected chi connectivity index (χ2v) is 5.11. The Balaban J connectivity index is 2.24. The molecule has 1 aliphatic rings. The normalized spacial score (nSPS) is 18.3. The molecule has 1 N–H and O–H groups in total. The maximum atomic E-state index is 4.26. The molecule has 2 rings (SSSR count). The van der Waals surface area contributed by atoms with Crippen molar-refractivity contribution < 1.29 is 0 Å². The highest BCUT2D eigenvalue weighted by molar-refractivity contribution is 5.26. The van der Waals surface area contributed by atoms with Crippen molar-refractivity contribution in [3.63, 3.8) is 0 Å². The van der Waals surface area contributed by atoms with Crippen molar-refractivity contribution in [2.24, 2.45) is 0 Å². The zero-order valence-electron chi connectivity index (χ0n) is 9.52. The number of hydrogen-bond acceptors (Lipinski definition) is 2. The van der Waals surface area contributed by atoms with Gasteiger partial charge >= 0.3 is 0 Å². The van der Waals surface area contributed by atoms with Crippen LogP contribution in [0.1, 0.15) is 37.7 Å². The van der Waals surface area contributed by atoms with E-state index in [1.54, 1.807) is 0 Å². The molecule has 0 saturated heterocycles. The second-order valence-electron chi connectivity index (χ2n) is 5.11. The molecule has 0 spiro atoms. The van der Waals surface area contributed by atoms with Crippen LogP contribution in [0.15, 0.2) is 0 Å². The lowest BCUT2D eigenvalue weighted by Crippen LogP contribution is -2.44. The molecule has 0 bridgehead atoms. The highest BCUT2D eigenvalue weighted by Gasteiger charge is 2.27. The fourth-order valence-electron chi connectivity index (χ4n) is 2.01. The summed E-state index contributed by atoms with van der Waals surface area (Å²) in [4.78, 5) is 2.51. The minimum Gasteiger partial charge on any atom is -0.294 e. The average Bonchev–Trinajstić information content (AvgIpc) is 2.46. The summed E-state index contributed by atoms with van der Waals surface area (Å²) in [6, 6.07) is 0. The Morgan fingerprint density at radius 1 is 1.36 bits per heavy atom. The maximum absolute atomic E-state index is 4.26. The van der Waals surface area contributed by atoms with E-state index in [-0.39, 0.29) is 5.54 Å². The van der Waals surface area contributed by atoms with Crippen molar-refractivity contribution >= 4 is 0 Å². The third-order valence-electron chi connectivity index (χ3n) is 3.09. The molecule has 3 nitrogen and oxygen atoms in total. The topological polar surface area (TPSA) is 31.9 Å². The summed E-state index contributed by atoms with van der Waals surface area (Å²) in [5.41, 5.74) is 4.17. The minimum atomic E-state index is 0.265. The Labute approximate surface area is 85.5 Å². The first-order chi connectivity index (χ1) is 6.48. The molecule has 0 aliphatic carbocycles. The van der Waals surface area contributed by atoms with Crippen molar-refractivity contribution in [1.82, 2.24) is 15.1 Å². The Kier molecular flexibility index (Phi) is 2.14. The number of nitrogens with zero attached hydrogens (tertiary/aromatic N) is 2. The van der Waals surface area contributed by atoms with Crippen molar-refractivity contribution in [1.29, 1.82) is 0 Å². The van der Waals surface area contributed by atoms with E-state index in [1.807, 2.05) is 0 Å². The molecule has 0 amide bonds. The molecule has 0 unspecified atom stereocenters. The SMILES string of the molecule is Cc1n[nH]c2c1CN(C(C)(C)C)CC2. The molecule has 1 aromatic rings. The van der Waals surface area contributed by atoms with Gasteiger partial charge in [-0.3, -0.25) is 10.00 Å². The van der Waals surface area contributed by atoms with Gasteiger partial charge in [-0.05, 0) is 27.7 Å². The summed E-state index contributed by atoms with van der Waals surface area (Å²) < 4.78 is 0. The monoisotopic (exact) mass is 193 g/mol. The number of aromatic nitrogens is 2. The van der Waals surface area contributed by atoms with Gasteiger partial charge in [0.2, 0.25) is 0 Å². The fourth-order valence-corrected chi connectivity index (χ4v) is 2.01. The van der Waals surface area contributed by atoms with E-state index < -0.39 is 0 Å². The lowest BCUT2D eigenvalue weighted by atomic mass is 9.99. The van der Waals surface area contributed by atoms with E-state index in [0.29, 0.717) is 0 Å². The fraction of sp³-hybridized carbons (Fsp3) is 0.727. The van der Waals surface area contributed by atoms with Gasteiger partial charge in [0.1, 0.15) is 0 Å². The van der Waals surface area contributed by atoms with Gasteiger partial charge in [0, 0.05) is 36.3 Å². The Hall–Kier alpha value is -0.830. The molecule has 2 heterocycles. The molecule has 1 aromatic heterocycles. The number of aryl methyl sites for hydroxylation is 1. The first-order valence-electron chi connectivity index (χ1n) is 5.26. The predicted molar refractivity (Wildman–Crippen MR) is 57.2 cm³/mol. The van der Waals surface area contributed by atoms with Gasteiger partial charge in [0.25, 0.3) is 0 Å². The third-order valence-corrected chi connectivity index (χ3v) is 3.09. The predicted octanol–water partition coefficient (Wildman–Crippen LogP) is 1.87. The van der Waals surface area contributed by atoms with Crippen molar-refractivity contribution in [3.05, 3.63) is 17.0 Å². The van der Waals surface area contributed by atoms with Gasteiger partial charge in [0.15, 0.2) is 0 Å². The van der Waals surface area contributed by atoms with Crippen LogP contribution in [-0.2, 0) is 13.0 Å². The number of aromatic amines is 1. The molecule has 0 atom stereocenters. The van der Waals surface area contributed by atoms with Crippen LogP contribution in [0.4, 0.5) is 0 Å². The Bertz CT molecular complexity index is 333. The van der Waals surface area contributed by atoms with Crippen molar-refractivity contribution in [2.45, 2.75) is 46.2 Å². The molecule has 78 valence electrons. The highest BCUT2D eigenvalue weighted by atomic mass is 15.2. The van der Waals surface area contributed by atoms with Gasteiger partial charge in [-0.2, -0.15) is 5.10 Å². The van der Waals surface area contributed by atoms with Crippen LogP contribution < -0.4 is 0 Å². The van der Waals surface area contributed by atoms with E-state index >= 15 is 0 Å². The summed E-state index contributed by atoms with van der Waals surface area (Å²) in [5, 5.41) is 7.38. The smallest absolute Gasteiger partial charge is 0.0639 e. The van der Waals surface area contributed by atoms with E-state index in [4.69, 9.17) is 0 Å². The van der Waals surface area contributed by atoms with Gasteiger partial charge in [-0.1, -0.05) is 0 Å². The second kappa shape index (κ2) is 3.09. The van der Waals surface area contributed by atoms with Gasteiger partial charge < -0.3 is 0 Å². The van der Waals surface area contributed by atoms with E-state index in [2.05, 4.69) is 42.8 Å². The first kappa shape index (κ1) is 9.71. The van der Waals surface area contributed by atoms with Gasteiger partial charge in [-0.25, -0.2) is 0 Å². The van der Waals surface area contributed by atoms with Crippen molar-refractivity contribution in [3.8, 4) is 0 Å². The summed E-state index contributed by atoms with van der Waals surface area (Å²) in [5.74, 6) is 0. The van der Waals surface area contributed by atoms with Crippen molar-refractivity contribution in [2.75, 3.05) is 6.54 Å². The largest absolute Gasteiger partial charge is 0.294 e. The Morgan fingerprint density at radius 2 is 2.07 bits per heavy atom. The quantitative estimate of drug-likeness (QED) is 0.682. The molecule has 1 aliphatic heterocycles. The lowest BCUT2D eigenvalue weighted by molar-refractivity contribution is 0.120. The number of nitrogens with one attached hydrogen (secondary N) is 1. The van der Waals surface area contributed by atoms with E-state index in [0.717, 1.165) is 25.2 Å². The number of hydrogen-bond donors (Lipinski definition) is 1. The molecular weight excluding hydrogens is 174 g/mol. The van der Waals surface area contributed by atoms with Crippen LogP contribution in [-0.4, -0.2) is 27.2 Å². The van der Waals surface area contributed by atoms with Crippen LogP contribution in [0.25, 0.3) is 0 Å². The standard InChI is InChI=1S/C11H19N3/c1-8-9-7-14(11(2,3)4)6-5-10(9)13-12-8/h5-7H2,1-4H3,(H,12,13). The number of fused-ring (bicyclic) bond motifs is 1. The molecule has 14 heavy (non-hydrogen) atoms. The Morgan fingerprint density at radius 3 is 2.71 bits per heavy atom.